The first-order valence-electron chi connectivity index (χ1n) is 9.67. The molecule has 0 bridgehead atoms. The minimum atomic E-state index is -0.104. The maximum atomic E-state index is 12.3. The third kappa shape index (κ3) is 6.82. The van der Waals surface area contributed by atoms with E-state index >= 15 is 0 Å². The van der Waals surface area contributed by atoms with Crippen molar-refractivity contribution in [3.8, 4) is 11.5 Å². The number of carbonyl (C=O) groups is 2. The Labute approximate surface area is 172 Å². The first-order chi connectivity index (χ1) is 13.8. The van der Waals surface area contributed by atoms with Crippen molar-refractivity contribution >= 4 is 17.5 Å². The standard InChI is InChI=1S/C23H30N2O4/c1-16-12-17(2)14-20(13-16)24-23(27)9-11-25(18(3)26)10-8-19-6-7-21(28-4)22(15-19)29-5/h6-7,12-15H,8-11H2,1-5H3,(H,24,27). The van der Waals surface area contributed by atoms with Crippen molar-refractivity contribution in [2.75, 3.05) is 32.6 Å². The average Bonchev–Trinajstić information content (AvgIpc) is 2.66. The Bertz CT molecular complexity index is 844. The molecular weight excluding hydrogens is 368 g/mol. The van der Waals surface area contributed by atoms with Gasteiger partial charge in [0.15, 0.2) is 11.5 Å². The smallest absolute Gasteiger partial charge is 0.226 e. The summed E-state index contributed by atoms with van der Waals surface area (Å²) >= 11 is 0. The van der Waals surface area contributed by atoms with Crippen LogP contribution in [0.4, 0.5) is 5.69 Å². The van der Waals surface area contributed by atoms with Gasteiger partial charge in [-0.3, -0.25) is 9.59 Å². The Balaban J connectivity index is 1.91. The predicted molar refractivity (Wildman–Crippen MR) is 115 cm³/mol. The van der Waals surface area contributed by atoms with Gasteiger partial charge in [-0.25, -0.2) is 0 Å². The molecule has 0 saturated heterocycles. The highest BCUT2D eigenvalue weighted by Crippen LogP contribution is 2.27. The van der Waals surface area contributed by atoms with Gasteiger partial charge in [0.25, 0.3) is 0 Å². The van der Waals surface area contributed by atoms with Gasteiger partial charge in [-0.05, 0) is 61.2 Å². The van der Waals surface area contributed by atoms with Crippen LogP contribution < -0.4 is 14.8 Å². The number of amides is 2. The monoisotopic (exact) mass is 398 g/mol. The van der Waals surface area contributed by atoms with Crippen LogP contribution in [0.3, 0.4) is 0 Å². The zero-order valence-corrected chi connectivity index (χ0v) is 17.9. The van der Waals surface area contributed by atoms with E-state index in [-0.39, 0.29) is 18.2 Å². The molecule has 29 heavy (non-hydrogen) atoms. The number of carbonyl (C=O) groups excluding carboxylic acids is 2. The predicted octanol–water partition coefficient (Wildman–Crippen LogP) is 3.74. The fourth-order valence-corrected chi connectivity index (χ4v) is 3.23. The maximum absolute atomic E-state index is 12.3. The number of nitrogens with zero attached hydrogens (tertiary/aromatic N) is 1. The van der Waals surface area contributed by atoms with Crippen LogP contribution in [0.25, 0.3) is 0 Å². The van der Waals surface area contributed by atoms with Crippen LogP contribution in [0, 0.1) is 13.8 Å². The summed E-state index contributed by atoms with van der Waals surface area (Å²) in [5, 5.41) is 2.91. The van der Waals surface area contributed by atoms with Crippen LogP contribution >= 0.6 is 0 Å². The summed E-state index contributed by atoms with van der Waals surface area (Å²) in [5.41, 5.74) is 4.02. The quantitative estimate of drug-likeness (QED) is 0.699. The molecule has 2 rings (SSSR count). The van der Waals surface area contributed by atoms with Gasteiger partial charge in [-0.15, -0.1) is 0 Å². The van der Waals surface area contributed by atoms with Gasteiger partial charge in [-0.2, -0.15) is 0 Å². The van der Waals surface area contributed by atoms with Crippen LogP contribution in [-0.2, 0) is 16.0 Å². The number of nitrogens with one attached hydrogen (secondary N) is 1. The first-order valence-corrected chi connectivity index (χ1v) is 9.67. The molecule has 0 atom stereocenters. The van der Waals surface area contributed by atoms with Gasteiger partial charge >= 0.3 is 0 Å². The van der Waals surface area contributed by atoms with E-state index < -0.39 is 0 Å². The highest BCUT2D eigenvalue weighted by atomic mass is 16.5. The molecule has 0 fully saturated rings. The van der Waals surface area contributed by atoms with Gasteiger partial charge in [0, 0.05) is 32.1 Å². The van der Waals surface area contributed by atoms with Crippen molar-refractivity contribution in [1.82, 2.24) is 4.90 Å². The second-order valence-corrected chi connectivity index (χ2v) is 7.12. The lowest BCUT2D eigenvalue weighted by Gasteiger charge is -2.21. The van der Waals surface area contributed by atoms with Gasteiger partial charge in [0.2, 0.25) is 11.8 Å². The van der Waals surface area contributed by atoms with Gasteiger partial charge in [0.1, 0.15) is 0 Å². The first kappa shape index (κ1) is 22.3. The minimum Gasteiger partial charge on any atom is -0.493 e. The van der Waals surface area contributed by atoms with E-state index in [2.05, 4.69) is 11.4 Å². The molecule has 0 radical (unpaired) electrons. The number of rotatable bonds is 9. The zero-order valence-electron chi connectivity index (χ0n) is 17.9. The third-order valence-electron chi connectivity index (χ3n) is 4.68. The SMILES string of the molecule is COc1ccc(CCN(CCC(=O)Nc2cc(C)cc(C)c2)C(C)=O)cc1OC. The van der Waals surface area contributed by atoms with Crippen molar-refractivity contribution in [1.29, 1.82) is 0 Å². The molecular formula is C23H30N2O4. The molecule has 0 aromatic heterocycles. The fraction of sp³-hybridized carbons (Fsp3) is 0.391. The summed E-state index contributed by atoms with van der Waals surface area (Å²) in [7, 11) is 3.19. The second-order valence-electron chi connectivity index (χ2n) is 7.12. The maximum Gasteiger partial charge on any atom is 0.226 e. The van der Waals surface area contributed by atoms with E-state index in [1.807, 2.05) is 44.2 Å². The summed E-state index contributed by atoms with van der Waals surface area (Å²) in [6, 6.07) is 11.6. The Hall–Kier alpha value is -3.02. The lowest BCUT2D eigenvalue weighted by atomic mass is 10.1. The van der Waals surface area contributed by atoms with Crippen LogP contribution in [-0.4, -0.2) is 44.0 Å². The summed E-state index contributed by atoms with van der Waals surface area (Å²) in [5.74, 6) is 1.17. The van der Waals surface area contributed by atoms with Gasteiger partial charge < -0.3 is 19.7 Å². The fourth-order valence-electron chi connectivity index (χ4n) is 3.23. The average molecular weight is 399 g/mol. The number of hydrogen-bond acceptors (Lipinski definition) is 4. The normalized spacial score (nSPS) is 10.4. The number of aryl methyl sites for hydroxylation is 2. The highest BCUT2D eigenvalue weighted by Gasteiger charge is 2.13. The van der Waals surface area contributed by atoms with Crippen molar-refractivity contribution in [3.05, 3.63) is 53.1 Å². The van der Waals surface area contributed by atoms with Crippen LogP contribution in [0.2, 0.25) is 0 Å². The Morgan fingerprint density at radius 3 is 2.17 bits per heavy atom. The van der Waals surface area contributed by atoms with E-state index in [0.29, 0.717) is 31.0 Å². The van der Waals surface area contributed by atoms with E-state index in [9.17, 15) is 9.59 Å². The van der Waals surface area contributed by atoms with E-state index in [1.165, 1.54) is 6.92 Å². The van der Waals surface area contributed by atoms with E-state index in [1.54, 1.807) is 19.1 Å². The summed E-state index contributed by atoms with van der Waals surface area (Å²) in [6.45, 7) is 6.42. The molecule has 2 amide bonds. The van der Waals surface area contributed by atoms with Crippen molar-refractivity contribution in [3.63, 3.8) is 0 Å². The Kier molecular flexibility index (Phi) is 8.07. The third-order valence-corrected chi connectivity index (χ3v) is 4.68. The van der Waals surface area contributed by atoms with Crippen LogP contribution in [0.1, 0.15) is 30.0 Å². The summed E-state index contributed by atoms with van der Waals surface area (Å²) in [4.78, 5) is 26.0. The number of anilines is 1. The Morgan fingerprint density at radius 1 is 0.931 bits per heavy atom. The molecule has 0 spiro atoms. The number of ether oxygens (including phenoxy) is 2. The molecule has 0 heterocycles. The Morgan fingerprint density at radius 2 is 1.59 bits per heavy atom. The second kappa shape index (κ2) is 10.5. The van der Waals surface area contributed by atoms with Crippen LogP contribution in [0.5, 0.6) is 11.5 Å². The number of benzene rings is 2. The van der Waals surface area contributed by atoms with E-state index in [4.69, 9.17) is 9.47 Å². The minimum absolute atomic E-state index is 0.0512. The van der Waals surface area contributed by atoms with Gasteiger partial charge in [0.05, 0.1) is 14.2 Å². The number of methoxy groups -OCH3 is 2. The molecule has 6 heteroatoms. The summed E-state index contributed by atoms with van der Waals surface area (Å²) in [6.07, 6.45) is 0.914. The largest absolute Gasteiger partial charge is 0.493 e. The van der Waals surface area contributed by atoms with Crippen molar-refractivity contribution in [2.45, 2.75) is 33.6 Å². The molecule has 0 aliphatic heterocycles. The molecule has 0 aliphatic carbocycles. The molecule has 0 unspecified atom stereocenters. The lowest BCUT2D eigenvalue weighted by Crippen LogP contribution is -2.33. The molecule has 0 aliphatic rings. The topological polar surface area (TPSA) is 67.9 Å². The molecule has 0 saturated carbocycles. The van der Waals surface area contributed by atoms with Gasteiger partial charge in [-0.1, -0.05) is 12.1 Å². The van der Waals surface area contributed by atoms with Crippen LogP contribution in [0.15, 0.2) is 36.4 Å². The van der Waals surface area contributed by atoms with E-state index in [0.717, 1.165) is 22.4 Å². The molecule has 156 valence electrons. The van der Waals surface area contributed by atoms with Crippen molar-refractivity contribution in [2.24, 2.45) is 0 Å². The summed E-state index contributed by atoms with van der Waals surface area (Å²) < 4.78 is 10.6. The molecule has 1 N–H and O–H groups in total. The number of hydrogen-bond donors (Lipinski definition) is 1. The highest BCUT2D eigenvalue weighted by molar-refractivity contribution is 5.91. The zero-order chi connectivity index (χ0) is 21.4. The van der Waals surface area contributed by atoms with Crippen molar-refractivity contribution < 1.29 is 19.1 Å². The molecule has 6 nitrogen and oxygen atoms in total. The molecule has 2 aromatic rings. The molecule has 2 aromatic carbocycles. The lowest BCUT2D eigenvalue weighted by molar-refractivity contribution is -0.129.